The first-order valence-electron chi connectivity index (χ1n) is 9.15. The Morgan fingerprint density at radius 1 is 1.26 bits per heavy atom. The van der Waals surface area contributed by atoms with Gasteiger partial charge in [-0.05, 0) is 56.0 Å². The topological polar surface area (TPSA) is 84.7 Å². The maximum absolute atomic E-state index is 12.5. The normalized spacial score (nSPS) is 17.0. The summed E-state index contributed by atoms with van der Waals surface area (Å²) in [5.74, 6) is -0.136. The minimum atomic E-state index is -0.923. The molecule has 1 aliphatic heterocycles. The van der Waals surface area contributed by atoms with Crippen LogP contribution < -0.4 is 4.74 Å². The van der Waals surface area contributed by atoms with Crippen molar-refractivity contribution in [2.75, 3.05) is 19.7 Å². The molecule has 0 aliphatic carbocycles. The van der Waals surface area contributed by atoms with Gasteiger partial charge in [0.25, 0.3) is 5.91 Å². The second kappa shape index (κ2) is 8.24. The van der Waals surface area contributed by atoms with Crippen LogP contribution in [0.25, 0.3) is 0 Å². The Bertz CT molecular complexity index is 830. The monoisotopic (exact) mass is 371 g/mol. The molecule has 1 amide bonds. The Balaban J connectivity index is 1.56. The number of carboxylic acids is 1. The molecule has 1 saturated heterocycles. The lowest BCUT2D eigenvalue weighted by molar-refractivity contribution is -0.138. The molecule has 27 heavy (non-hydrogen) atoms. The van der Waals surface area contributed by atoms with E-state index in [2.05, 4.69) is 5.10 Å². The smallest absolute Gasteiger partial charge is 0.325 e. The molecule has 0 radical (unpaired) electrons. The highest BCUT2D eigenvalue weighted by Gasteiger charge is 2.26. The molecule has 0 spiro atoms. The van der Waals surface area contributed by atoms with Crippen molar-refractivity contribution in [3.63, 3.8) is 0 Å². The van der Waals surface area contributed by atoms with Crippen molar-refractivity contribution in [1.29, 1.82) is 0 Å². The van der Waals surface area contributed by atoms with Gasteiger partial charge in [0.2, 0.25) is 0 Å². The highest BCUT2D eigenvalue weighted by Crippen LogP contribution is 2.26. The van der Waals surface area contributed by atoms with E-state index in [1.807, 2.05) is 43.0 Å². The summed E-state index contributed by atoms with van der Waals surface area (Å²) in [6.07, 6.45) is 3.50. The molecule has 0 bridgehead atoms. The third-order valence-electron chi connectivity index (χ3n) is 4.99. The molecule has 7 nitrogen and oxygen atoms in total. The number of amides is 1. The molecule has 1 fully saturated rings. The number of carboxylic acid groups (broad SMARTS) is 1. The molecular formula is C20H25N3O4. The fraction of sp³-hybridized carbons (Fsp3) is 0.450. The second-order valence-electron chi connectivity index (χ2n) is 7.05. The molecule has 7 heteroatoms. The number of carbonyl (C=O) groups excluding carboxylic acids is 1. The van der Waals surface area contributed by atoms with Crippen molar-refractivity contribution < 1.29 is 19.4 Å². The minimum Gasteiger partial charge on any atom is -0.484 e. The lowest BCUT2D eigenvalue weighted by Crippen LogP contribution is -2.41. The van der Waals surface area contributed by atoms with E-state index in [1.165, 1.54) is 10.2 Å². The average Bonchev–Trinajstić information content (AvgIpc) is 3.10. The van der Waals surface area contributed by atoms with E-state index in [0.717, 1.165) is 24.1 Å². The van der Waals surface area contributed by atoms with Crippen LogP contribution in [0.4, 0.5) is 0 Å². The van der Waals surface area contributed by atoms with Crippen LogP contribution in [0.15, 0.2) is 30.5 Å². The molecule has 1 N–H and O–H groups in total. The first kappa shape index (κ1) is 18.9. The Labute approximate surface area is 158 Å². The van der Waals surface area contributed by atoms with Crippen LogP contribution in [0.2, 0.25) is 0 Å². The minimum absolute atomic E-state index is 0.0165. The van der Waals surface area contributed by atoms with Gasteiger partial charge in [-0.1, -0.05) is 6.07 Å². The summed E-state index contributed by atoms with van der Waals surface area (Å²) in [6, 6.07) is 7.65. The van der Waals surface area contributed by atoms with Crippen molar-refractivity contribution in [3.05, 3.63) is 47.3 Å². The zero-order chi connectivity index (χ0) is 19.4. The summed E-state index contributed by atoms with van der Waals surface area (Å²) >= 11 is 0. The number of hydrogen-bond acceptors (Lipinski definition) is 4. The van der Waals surface area contributed by atoms with Crippen LogP contribution in [0.3, 0.4) is 0 Å². The molecule has 2 aromatic rings. The molecule has 3 rings (SSSR count). The van der Waals surface area contributed by atoms with E-state index >= 15 is 0 Å². The van der Waals surface area contributed by atoms with Gasteiger partial charge in [-0.3, -0.25) is 14.3 Å². The number of aryl methyl sites for hydroxylation is 2. The lowest BCUT2D eigenvalue weighted by Gasteiger charge is -2.32. The van der Waals surface area contributed by atoms with E-state index in [0.29, 0.717) is 18.8 Å². The lowest BCUT2D eigenvalue weighted by atomic mass is 9.95. The molecule has 0 unspecified atom stereocenters. The number of piperidine rings is 1. The number of hydrogen-bond donors (Lipinski definition) is 1. The zero-order valence-electron chi connectivity index (χ0n) is 15.7. The molecular weight excluding hydrogens is 346 g/mol. The van der Waals surface area contributed by atoms with Crippen LogP contribution in [-0.2, 0) is 16.1 Å². The number of ether oxygens (including phenoxy) is 1. The predicted octanol–water partition coefficient (Wildman–Crippen LogP) is 2.37. The van der Waals surface area contributed by atoms with Crippen molar-refractivity contribution in [3.8, 4) is 5.75 Å². The Hall–Kier alpha value is -2.83. The van der Waals surface area contributed by atoms with Crippen LogP contribution >= 0.6 is 0 Å². The largest absolute Gasteiger partial charge is 0.484 e. The van der Waals surface area contributed by atoms with Crippen LogP contribution in [0.5, 0.6) is 5.75 Å². The zero-order valence-corrected chi connectivity index (χ0v) is 15.7. The van der Waals surface area contributed by atoms with E-state index in [4.69, 9.17) is 9.84 Å². The summed E-state index contributed by atoms with van der Waals surface area (Å²) in [5, 5.41) is 13.2. The quantitative estimate of drug-likeness (QED) is 0.843. The van der Waals surface area contributed by atoms with E-state index in [9.17, 15) is 9.59 Å². The number of aliphatic carboxylic acids is 1. The number of nitrogens with zero attached hydrogens (tertiary/aromatic N) is 3. The van der Waals surface area contributed by atoms with Crippen LogP contribution in [0.1, 0.15) is 35.6 Å². The average molecular weight is 371 g/mol. The Morgan fingerprint density at radius 3 is 2.81 bits per heavy atom. The van der Waals surface area contributed by atoms with Gasteiger partial charge in [0.05, 0.1) is 5.69 Å². The standard InChI is InChI=1S/C20H25N3O4/c1-14-5-6-17(10-15(14)2)27-13-19(24)22-8-3-4-16(11-22)18-7-9-23(21-18)12-20(25)26/h5-7,9-10,16H,3-4,8,11-13H2,1-2H3,(H,25,26)/t16-/m0/s1. The van der Waals surface area contributed by atoms with Gasteiger partial charge < -0.3 is 14.7 Å². The van der Waals surface area contributed by atoms with E-state index in [1.54, 1.807) is 6.20 Å². The van der Waals surface area contributed by atoms with Gasteiger partial charge in [-0.15, -0.1) is 0 Å². The van der Waals surface area contributed by atoms with E-state index < -0.39 is 5.97 Å². The van der Waals surface area contributed by atoms with Crippen molar-refractivity contribution >= 4 is 11.9 Å². The number of carbonyl (C=O) groups is 2. The Kier molecular flexibility index (Phi) is 5.78. The second-order valence-corrected chi connectivity index (χ2v) is 7.05. The highest BCUT2D eigenvalue weighted by atomic mass is 16.5. The molecule has 1 aromatic heterocycles. The van der Waals surface area contributed by atoms with Crippen LogP contribution in [0, 0.1) is 13.8 Å². The summed E-state index contributed by atoms with van der Waals surface area (Å²) in [5.41, 5.74) is 3.16. The third kappa shape index (κ3) is 4.87. The molecule has 1 aromatic carbocycles. The summed E-state index contributed by atoms with van der Waals surface area (Å²) < 4.78 is 7.09. The van der Waals surface area contributed by atoms with E-state index in [-0.39, 0.29) is 25.0 Å². The molecule has 1 atom stereocenters. The molecule has 144 valence electrons. The summed E-state index contributed by atoms with van der Waals surface area (Å²) in [7, 11) is 0. The van der Waals surface area contributed by atoms with Gasteiger partial charge in [-0.2, -0.15) is 5.10 Å². The molecule has 0 saturated carbocycles. The Morgan fingerprint density at radius 2 is 2.07 bits per heavy atom. The molecule has 1 aliphatic rings. The van der Waals surface area contributed by atoms with Gasteiger partial charge >= 0.3 is 5.97 Å². The number of aromatic nitrogens is 2. The maximum atomic E-state index is 12.5. The number of rotatable bonds is 6. The van der Waals surface area contributed by atoms with Crippen molar-refractivity contribution in [1.82, 2.24) is 14.7 Å². The SMILES string of the molecule is Cc1ccc(OCC(=O)N2CCC[C@H](c3ccn(CC(=O)O)n3)C2)cc1C. The predicted molar refractivity (Wildman–Crippen MR) is 99.8 cm³/mol. The molecule has 2 heterocycles. The third-order valence-corrected chi connectivity index (χ3v) is 4.99. The van der Waals surface area contributed by atoms with Gasteiger partial charge in [0, 0.05) is 25.2 Å². The van der Waals surface area contributed by atoms with Crippen molar-refractivity contribution in [2.45, 2.75) is 39.2 Å². The number of benzene rings is 1. The van der Waals surface area contributed by atoms with Crippen molar-refractivity contribution in [2.24, 2.45) is 0 Å². The fourth-order valence-electron chi connectivity index (χ4n) is 3.31. The summed E-state index contributed by atoms with van der Waals surface area (Å²) in [4.78, 5) is 25.2. The van der Waals surface area contributed by atoms with Gasteiger partial charge in [0.1, 0.15) is 12.3 Å². The number of likely N-dealkylation sites (tertiary alicyclic amines) is 1. The van der Waals surface area contributed by atoms with Crippen LogP contribution in [-0.4, -0.2) is 51.4 Å². The maximum Gasteiger partial charge on any atom is 0.325 e. The summed E-state index contributed by atoms with van der Waals surface area (Å²) in [6.45, 7) is 5.21. The first-order valence-corrected chi connectivity index (χ1v) is 9.15. The highest BCUT2D eigenvalue weighted by molar-refractivity contribution is 5.78. The fourth-order valence-corrected chi connectivity index (χ4v) is 3.31. The van der Waals surface area contributed by atoms with Gasteiger partial charge in [0.15, 0.2) is 6.61 Å². The first-order chi connectivity index (χ1) is 12.9. The van der Waals surface area contributed by atoms with Gasteiger partial charge in [-0.25, -0.2) is 0 Å².